The molecule has 136 valence electrons. The topological polar surface area (TPSA) is 69.6 Å². The smallest absolute Gasteiger partial charge is 0.273 e. The molecule has 0 aliphatic carbocycles. The van der Waals surface area contributed by atoms with E-state index < -0.39 is 0 Å². The first-order valence-electron chi connectivity index (χ1n) is 8.62. The number of hydrogen-bond acceptors (Lipinski definition) is 6. The number of rotatable bonds is 2. The van der Waals surface area contributed by atoms with Crippen molar-refractivity contribution in [2.75, 3.05) is 38.1 Å². The summed E-state index contributed by atoms with van der Waals surface area (Å²) in [6.45, 7) is 4.08. The lowest BCUT2D eigenvalue weighted by atomic mass is 9.92. The predicted molar refractivity (Wildman–Crippen MR) is 99.3 cm³/mol. The van der Waals surface area contributed by atoms with E-state index in [4.69, 9.17) is 0 Å². The minimum atomic E-state index is -0.232. The Labute approximate surface area is 156 Å². The Bertz CT molecular complexity index is 839. The van der Waals surface area contributed by atoms with Crippen LogP contribution < -0.4 is 4.90 Å². The molecule has 0 N–H and O–H groups in total. The lowest BCUT2D eigenvalue weighted by Gasteiger charge is -2.46. The average Bonchev–Trinajstić information content (AvgIpc) is 3.26. The number of aryl methyl sites for hydroxylation is 1. The molecule has 2 saturated heterocycles. The monoisotopic (exact) mass is 371 g/mol. The van der Waals surface area contributed by atoms with Crippen LogP contribution in [0.1, 0.15) is 21.9 Å². The molecule has 2 aromatic rings. The number of carbonyl (C=O) groups excluding carboxylic acids is 2. The predicted octanol–water partition coefficient (Wildman–Crippen LogP) is 1.41. The van der Waals surface area contributed by atoms with Crippen LogP contribution in [-0.2, 0) is 4.79 Å². The van der Waals surface area contributed by atoms with E-state index in [1.807, 2.05) is 36.4 Å². The number of likely N-dealkylation sites (N-methyl/N-ethyl adjacent to an activating group) is 1. The van der Waals surface area contributed by atoms with Gasteiger partial charge in [0.25, 0.3) is 5.91 Å². The first-order chi connectivity index (χ1) is 12.5. The van der Waals surface area contributed by atoms with Gasteiger partial charge in [-0.05, 0) is 32.5 Å². The minimum absolute atomic E-state index is 0.0237. The Morgan fingerprint density at radius 1 is 1.35 bits per heavy atom. The highest BCUT2D eigenvalue weighted by atomic mass is 32.1. The summed E-state index contributed by atoms with van der Waals surface area (Å²) in [5, 5.41) is 2.71. The SMILES string of the molecule is Cc1nc(C(=O)N2CCC3(C2)CN(c2cccnc2)C(=O)CN3C)cs1. The minimum Gasteiger partial charge on any atom is -0.335 e. The summed E-state index contributed by atoms with van der Waals surface area (Å²) in [4.78, 5) is 39.5. The maximum Gasteiger partial charge on any atom is 0.273 e. The van der Waals surface area contributed by atoms with Crippen LogP contribution >= 0.6 is 11.3 Å². The third kappa shape index (κ3) is 2.89. The van der Waals surface area contributed by atoms with Gasteiger partial charge in [0.2, 0.25) is 5.91 Å². The number of likely N-dealkylation sites (tertiary alicyclic amines) is 1. The normalized spacial score (nSPS) is 23.8. The van der Waals surface area contributed by atoms with E-state index in [0.717, 1.165) is 17.1 Å². The molecule has 26 heavy (non-hydrogen) atoms. The first kappa shape index (κ1) is 17.1. The van der Waals surface area contributed by atoms with Gasteiger partial charge in [-0.3, -0.25) is 19.5 Å². The van der Waals surface area contributed by atoms with Crippen LogP contribution in [0.5, 0.6) is 0 Å². The Morgan fingerprint density at radius 3 is 2.88 bits per heavy atom. The number of thiazole rings is 1. The summed E-state index contributed by atoms with van der Waals surface area (Å²) >= 11 is 1.49. The van der Waals surface area contributed by atoms with Gasteiger partial charge in [0.05, 0.1) is 29.0 Å². The third-order valence-corrected chi connectivity index (χ3v) is 6.12. The van der Waals surface area contributed by atoms with Gasteiger partial charge in [-0.1, -0.05) is 0 Å². The maximum absolute atomic E-state index is 12.8. The molecule has 2 fully saturated rings. The second kappa shape index (κ2) is 6.44. The fraction of sp³-hybridized carbons (Fsp3) is 0.444. The molecular weight excluding hydrogens is 350 g/mol. The fourth-order valence-electron chi connectivity index (χ4n) is 3.80. The lowest BCUT2D eigenvalue weighted by molar-refractivity contribution is -0.123. The second-order valence-electron chi connectivity index (χ2n) is 7.00. The van der Waals surface area contributed by atoms with Crippen molar-refractivity contribution in [1.82, 2.24) is 19.8 Å². The van der Waals surface area contributed by atoms with E-state index in [1.165, 1.54) is 11.3 Å². The number of hydrogen-bond donors (Lipinski definition) is 0. The molecule has 2 aliphatic rings. The van der Waals surface area contributed by atoms with Crippen molar-refractivity contribution in [3.05, 3.63) is 40.6 Å². The van der Waals surface area contributed by atoms with E-state index in [2.05, 4.69) is 14.9 Å². The van der Waals surface area contributed by atoms with E-state index >= 15 is 0 Å². The van der Waals surface area contributed by atoms with Gasteiger partial charge in [0.1, 0.15) is 5.69 Å². The van der Waals surface area contributed by atoms with Crippen molar-refractivity contribution >= 4 is 28.8 Å². The van der Waals surface area contributed by atoms with E-state index in [1.54, 1.807) is 17.3 Å². The Morgan fingerprint density at radius 2 is 2.19 bits per heavy atom. The lowest BCUT2D eigenvalue weighted by Crippen LogP contribution is -2.64. The molecular formula is C18H21N5O2S. The highest BCUT2D eigenvalue weighted by Gasteiger charge is 2.49. The van der Waals surface area contributed by atoms with Crippen LogP contribution in [0.3, 0.4) is 0 Å². The van der Waals surface area contributed by atoms with Crippen LogP contribution in [0.25, 0.3) is 0 Å². The maximum atomic E-state index is 12.8. The molecule has 8 heteroatoms. The fourth-order valence-corrected chi connectivity index (χ4v) is 4.39. The largest absolute Gasteiger partial charge is 0.335 e. The molecule has 4 heterocycles. The van der Waals surface area contributed by atoms with Crippen LogP contribution in [0, 0.1) is 6.92 Å². The van der Waals surface area contributed by atoms with Gasteiger partial charge < -0.3 is 9.80 Å². The molecule has 1 unspecified atom stereocenters. The van der Waals surface area contributed by atoms with Crippen molar-refractivity contribution in [1.29, 1.82) is 0 Å². The highest BCUT2D eigenvalue weighted by Crippen LogP contribution is 2.33. The van der Waals surface area contributed by atoms with Crippen LogP contribution in [-0.4, -0.2) is 70.3 Å². The molecule has 1 atom stereocenters. The summed E-state index contributed by atoms with van der Waals surface area (Å²) in [5.74, 6) is 0.0375. The number of aromatic nitrogens is 2. The van der Waals surface area contributed by atoms with Gasteiger partial charge in [0.15, 0.2) is 0 Å². The molecule has 0 aromatic carbocycles. The van der Waals surface area contributed by atoms with Gasteiger partial charge in [-0.25, -0.2) is 4.98 Å². The van der Waals surface area contributed by atoms with Crippen LogP contribution in [0.2, 0.25) is 0 Å². The molecule has 0 radical (unpaired) electrons. The Hall–Kier alpha value is -2.32. The number of carbonyl (C=O) groups is 2. The summed E-state index contributed by atoms with van der Waals surface area (Å²) < 4.78 is 0. The quantitative estimate of drug-likeness (QED) is 0.798. The van der Waals surface area contributed by atoms with Gasteiger partial charge in [-0.2, -0.15) is 0 Å². The molecule has 1 spiro atoms. The van der Waals surface area contributed by atoms with Gasteiger partial charge >= 0.3 is 0 Å². The van der Waals surface area contributed by atoms with Crippen molar-refractivity contribution in [3.8, 4) is 0 Å². The van der Waals surface area contributed by atoms with Crippen molar-refractivity contribution in [2.24, 2.45) is 0 Å². The second-order valence-corrected chi connectivity index (χ2v) is 8.06. The molecule has 7 nitrogen and oxygen atoms in total. The van der Waals surface area contributed by atoms with Crippen molar-refractivity contribution in [2.45, 2.75) is 18.9 Å². The van der Waals surface area contributed by atoms with E-state index in [-0.39, 0.29) is 17.4 Å². The van der Waals surface area contributed by atoms with Crippen molar-refractivity contribution < 1.29 is 9.59 Å². The van der Waals surface area contributed by atoms with Crippen LogP contribution in [0.4, 0.5) is 5.69 Å². The summed E-state index contributed by atoms with van der Waals surface area (Å²) in [6, 6.07) is 3.74. The molecule has 2 aromatic heterocycles. The van der Waals surface area contributed by atoms with Crippen LogP contribution in [0.15, 0.2) is 29.9 Å². The number of amides is 2. The van der Waals surface area contributed by atoms with Crippen molar-refractivity contribution in [3.63, 3.8) is 0 Å². The number of pyridine rings is 1. The molecule has 2 aliphatic heterocycles. The number of anilines is 1. The third-order valence-electron chi connectivity index (χ3n) is 5.35. The van der Waals surface area contributed by atoms with E-state index in [9.17, 15) is 9.59 Å². The molecule has 2 amide bonds. The summed E-state index contributed by atoms with van der Waals surface area (Å²) in [7, 11) is 1.97. The Kier molecular flexibility index (Phi) is 4.24. The van der Waals surface area contributed by atoms with Gasteiger partial charge in [-0.15, -0.1) is 11.3 Å². The average molecular weight is 371 g/mol. The standard InChI is InChI=1S/C18H21N5O2S/c1-13-20-15(10-26-13)17(25)22-7-5-18(11-22)12-23(16(24)9-21(18)2)14-4-3-6-19-8-14/h3-4,6,8,10H,5,7,9,11-12H2,1-2H3. The number of nitrogens with zero attached hydrogens (tertiary/aromatic N) is 5. The summed E-state index contributed by atoms with van der Waals surface area (Å²) in [6.07, 6.45) is 4.25. The molecule has 0 saturated carbocycles. The first-order valence-corrected chi connectivity index (χ1v) is 9.49. The Balaban J connectivity index is 1.56. The molecule has 0 bridgehead atoms. The van der Waals surface area contributed by atoms with Gasteiger partial charge in [0, 0.05) is 31.2 Å². The zero-order valence-electron chi connectivity index (χ0n) is 14.9. The molecule has 4 rings (SSSR count). The zero-order chi connectivity index (χ0) is 18.3. The van der Waals surface area contributed by atoms with E-state index in [0.29, 0.717) is 31.9 Å². The zero-order valence-corrected chi connectivity index (χ0v) is 15.7. The summed E-state index contributed by atoms with van der Waals surface area (Å²) in [5.41, 5.74) is 1.10. The highest BCUT2D eigenvalue weighted by molar-refractivity contribution is 7.09. The number of piperazine rings is 1.